The number of halogens is 1. The van der Waals surface area contributed by atoms with Crippen LogP contribution in [0.15, 0.2) is 16.6 Å². The fourth-order valence-corrected chi connectivity index (χ4v) is 1.66. The third kappa shape index (κ3) is 2.10. The molecule has 0 aliphatic carbocycles. The first-order chi connectivity index (χ1) is 6.20. The highest BCUT2D eigenvalue weighted by Gasteiger charge is 2.07. The SMILES string of the molecule is CCCc1c(C=O)ccc(Br)c1N. The maximum Gasteiger partial charge on any atom is 0.150 e. The zero-order chi connectivity index (χ0) is 9.84. The van der Waals surface area contributed by atoms with Gasteiger partial charge >= 0.3 is 0 Å². The van der Waals surface area contributed by atoms with Gasteiger partial charge in [-0.1, -0.05) is 19.4 Å². The van der Waals surface area contributed by atoms with Crippen LogP contribution in [-0.4, -0.2) is 6.29 Å². The van der Waals surface area contributed by atoms with Crippen molar-refractivity contribution in [2.45, 2.75) is 19.8 Å². The maximum atomic E-state index is 10.7. The minimum Gasteiger partial charge on any atom is -0.398 e. The molecule has 1 aromatic rings. The molecule has 0 radical (unpaired) electrons. The second-order valence-corrected chi connectivity index (χ2v) is 3.75. The number of aldehydes is 1. The lowest BCUT2D eigenvalue weighted by Crippen LogP contribution is -2.00. The van der Waals surface area contributed by atoms with E-state index in [4.69, 9.17) is 5.73 Å². The van der Waals surface area contributed by atoms with Crippen molar-refractivity contribution in [2.75, 3.05) is 5.73 Å². The first kappa shape index (κ1) is 10.3. The lowest BCUT2D eigenvalue weighted by molar-refractivity contribution is 0.112. The zero-order valence-electron chi connectivity index (χ0n) is 7.51. The Morgan fingerprint density at radius 2 is 2.23 bits per heavy atom. The molecule has 0 aromatic heterocycles. The van der Waals surface area contributed by atoms with E-state index in [1.807, 2.05) is 0 Å². The molecule has 0 aliphatic rings. The third-order valence-corrected chi connectivity index (χ3v) is 2.66. The largest absolute Gasteiger partial charge is 0.398 e. The summed E-state index contributed by atoms with van der Waals surface area (Å²) in [5.74, 6) is 0. The number of benzene rings is 1. The number of carbonyl (C=O) groups is 1. The van der Waals surface area contributed by atoms with E-state index in [2.05, 4.69) is 22.9 Å². The van der Waals surface area contributed by atoms with Gasteiger partial charge in [0.2, 0.25) is 0 Å². The van der Waals surface area contributed by atoms with Crippen molar-refractivity contribution < 1.29 is 4.79 Å². The Hall–Kier alpha value is -0.830. The zero-order valence-corrected chi connectivity index (χ0v) is 9.10. The molecular formula is C10H12BrNO. The topological polar surface area (TPSA) is 43.1 Å². The van der Waals surface area contributed by atoms with Crippen LogP contribution >= 0.6 is 15.9 Å². The predicted octanol–water partition coefficient (Wildman–Crippen LogP) is 2.80. The summed E-state index contributed by atoms with van der Waals surface area (Å²) >= 11 is 3.34. The predicted molar refractivity (Wildman–Crippen MR) is 57.9 cm³/mol. The summed E-state index contributed by atoms with van der Waals surface area (Å²) in [6.45, 7) is 2.06. The van der Waals surface area contributed by atoms with E-state index in [-0.39, 0.29) is 0 Å². The Morgan fingerprint density at radius 3 is 2.77 bits per heavy atom. The highest BCUT2D eigenvalue weighted by Crippen LogP contribution is 2.26. The molecule has 0 amide bonds. The van der Waals surface area contributed by atoms with Crippen molar-refractivity contribution in [3.05, 3.63) is 27.7 Å². The number of hydrogen-bond donors (Lipinski definition) is 1. The van der Waals surface area contributed by atoms with Crippen molar-refractivity contribution in [3.8, 4) is 0 Å². The second-order valence-electron chi connectivity index (χ2n) is 2.90. The molecule has 2 nitrogen and oxygen atoms in total. The third-order valence-electron chi connectivity index (χ3n) is 1.97. The Morgan fingerprint density at radius 1 is 1.54 bits per heavy atom. The average Bonchev–Trinajstić information content (AvgIpc) is 2.14. The van der Waals surface area contributed by atoms with E-state index in [0.717, 1.165) is 29.2 Å². The van der Waals surface area contributed by atoms with Crippen LogP contribution in [0.3, 0.4) is 0 Å². The molecule has 13 heavy (non-hydrogen) atoms. The first-order valence-corrected chi connectivity index (χ1v) is 5.02. The molecule has 1 aromatic carbocycles. The Bertz CT molecular complexity index is 323. The molecule has 0 unspecified atom stereocenters. The van der Waals surface area contributed by atoms with Gasteiger partial charge in [-0.25, -0.2) is 0 Å². The van der Waals surface area contributed by atoms with Crippen LogP contribution in [0, 0.1) is 0 Å². The summed E-state index contributed by atoms with van der Waals surface area (Å²) in [6, 6.07) is 3.59. The van der Waals surface area contributed by atoms with E-state index in [0.29, 0.717) is 11.3 Å². The molecule has 3 heteroatoms. The summed E-state index contributed by atoms with van der Waals surface area (Å²) in [6.07, 6.45) is 2.69. The molecule has 0 spiro atoms. The smallest absolute Gasteiger partial charge is 0.150 e. The van der Waals surface area contributed by atoms with Crippen LogP contribution in [0.1, 0.15) is 29.3 Å². The summed E-state index contributed by atoms with van der Waals surface area (Å²) in [7, 11) is 0. The van der Waals surface area contributed by atoms with Gasteiger partial charge < -0.3 is 5.73 Å². The van der Waals surface area contributed by atoms with Gasteiger partial charge in [-0.15, -0.1) is 0 Å². The van der Waals surface area contributed by atoms with Gasteiger partial charge in [-0.05, 0) is 34.0 Å². The fraction of sp³-hybridized carbons (Fsp3) is 0.300. The average molecular weight is 242 g/mol. The summed E-state index contributed by atoms with van der Waals surface area (Å²) < 4.78 is 0.863. The van der Waals surface area contributed by atoms with Gasteiger partial charge in [0, 0.05) is 15.7 Å². The van der Waals surface area contributed by atoms with Crippen LogP contribution in [-0.2, 0) is 6.42 Å². The normalized spacial score (nSPS) is 10.0. The number of rotatable bonds is 3. The minimum absolute atomic E-state index is 0.687. The lowest BCUT2D eigenvalue weighted by Gasteiger charge is -2.08. The molecule has 0 fully saturated rings. The van der Waals surface area contributed by atoms with Crippen molar-refractivity contribution in [3.63, 3.8) is 0 Å². The fourth-order valence-electron chi connectivity index (χ4n) is 1.29. The van der Waals surface area contributed by atoms with E-state index in [9.17, 15) is 4.79 Å². The van der Waals surface area contributed by atoms with Crippen LogP contribution in [0.25, 0.3) is 0 Å². The van der Waals surface area contributed by atoms with Crippen molar-refractivity contribution in [2.24, 2.45) is 0 Å². The second kappa shape index (κ2) is 4.42. The van der Waals surface area contributed by atoms with Gasteiger partial charge in [0.1, 0.15) is 6.29 Å². The lowest BCUT2D eigenvalue weighted by atomic mass is 10.0. The molecule has 0 aliphatic heterocycles. The number of nitrogen functional groups attached to an aromatic ring is 1. The molecule has 70 valence electrons. The van der Waals surface area contributed by atoms with E-state index >= 15 is 0 Å². The molecule has 0 saturated carbocycles. The van der Waals surface area contributed by atoms with Gasteiger partial charge in [-0.3, -0.25) is 4.79 Å². The molecule has 2 N–H and O–H groups in total. The Labute approximate surface area is 86.3 Å². The quantitative estimate of drug-likeness (QED) is 0.654. The molecular weight excluding hydrogens is 230 g/mol. The Kier molecular flexibility index (Phi) is 3.48. The first-order valence-electron chi connectivity index (χ1n) is 4.22. The van der Waals surface area contributed by atoms with Gasteiger partial charge in [-0.2, -0.15) is 0 Å². The highest BCUT2D eigenvalue weighted by atomic mass is 79.9. The molecule has 0 heterocycles. The molecule has 0 bridgehead atoms. The molecule has 1 rings (SSSR count). The maximum absolute atomic E-state index is 10.7. The van der Waals surface area contributed by atoms with E-state index in [1.165, 1.54) is 0 Å². The molecule has 0 atom stereocenters. The van der Waals surface area contributed by atoms with Gasteiger partial charge in [0.05, 0.1) is 0 Å². The minimum atomic E-state index is 0.687. The van der Waals surface area contributed by atoms with Crippen LogP contribution in [0.4, 0.5) is 5.69 Å². The van der Waals surface area contributed by atoms with Crippen molar-refractivity contribution in [1.82, 2.24) is 0 Å². The van der Waals surface area contributed by atoms with Crippen LogP contribution < -0.4 is 5.73 Å². The Balaban J connectivity index is 3.23. The van der Waals surface area contributed by atoms with E-state index < -0.39 is 0 Å². The summed E-state index contributed by atoms with van der Waals surface area (Å²) in [5, 5.41) is 0. The summed E-state index contributed by atoms with van der Waals surface area (Å²) in [4.78, 5) is 10.7. The summed E-state index contributed by atoms with van der Waals surface area (Å²) in [5.41, 5.74) is 8.17. The highest BCUT2D eigenvalue weighted by molar-refractivity contribution is 9.10. The van der Waals surface area contributed by atoms with Gasteiger partial charge in [0.25, 0.3) is 0 Å². The van der Waals surface area contributed by atoms with Gasteiger partial charge in [0.15, 0.2) is 0 Å². The number of carbonyl (C=O) groups excluding carboxylic acids is 1. The number of hydrogen-bond acceptors (Lipinski definition) is 2. The van der Waals surface area contributed by atoms with Crippen molar-refractivity contribution in [1.29, 1.82) is 0 Å². The van der Waals surface area contributed by atoms with Crippen LogP contribution in [0.5, 0.6) is 0 Å². The standard InChI is InChI=1S/C10H12BrNO/c1-2-3-8-7(6-13)4-5-9(11)10(8)12/h4-6H,2-3,12H2,1H3. The monoisotopic (exact) mass is 241 g/mol. The van der Waals surface area contributed by atoms with Crippen molar-refractivity contribution >= 4 is 27.9 Å². The van der Waals surface area contributed by atoms with Crippen LogP contribution in [0.2, 0.25) is 0 Å². The van der Waals surface area contributed by atoms with E-state index in [1.54, 1.807) is 12.1 Å². The molecule has 0 saturated heterocycles. The number of nitrogens with two attached hydrogens (primary N) is 1. The number of anilines is 1.